The van der Waals surface area contributed by atoms with Gasteiger partial charge in [-0.3, -0.25) is 0 Å². The molecular formula is C9H21ISi. The summed E-state index contributed by atoms with van der Waals surface area (Å²) in [6.07, 6.45) is 4.28. The van der Waals surface area contributed by atoms with Crippen molar-refractivity contribution in [1.82, 2.24) is 0 Å². The highest BCUT2D eigenvalue weighted by molar-refractivity contribution is 14.1. The lowest BCUT2D eigenvalue weighted by molar-refractivity contribution is 0.859. The summed E-state index contributed by atoms with van der Waals surface area (Å²) in [5.41, 5.74) is 0. The predicted molar refractivity (Wildman–Crippen MR) is 65.5 cm³/mol. The van der Waals surface area contributed by atoms with Crippen molar-refractivity contribution in [1.29, 1.82) is 0 Å². The van der Waals surface area contributed by atoms with Crippen LogP contribution in [0.3, 0.4) is 0 Å². The van der Waals surface area contributed by atoms with Gasteiger partial charge in [-0.2, -0.15) is 0 Å². The van der Waals surface area contributed by atoms with Gasteiger partial charge in [-0.15, -0.1) is 0 Å². The SMILES string of the molecule is CCCC[Si](C)(C)CCCI. The van der Waals surface area contributed by atoms with Gasteiger partial charge in [0.15, 0.2) is 0 Å². The van der Waals surface area contributed by atoms with Crippen molar-refractivity contribution >= 4 is 30.7 Å². The summed E-state index contributed by atoms with van der Waals surface area (Å²) in [5, 5.41) is 0. The average molecular weight is 284 g/mol. The fourth-order valence-electron chi connectivity index (χ4n) is 1.33. The third kappa shape index (κ3) is 7.31. The van der Waals surface area contributed by atoms with Crippen LogP contribution in [0.5, 0.6) is 0 Å². The zero-order chi connectivity index (χ0) is 8.74. The maximum Gasteiger partial charge on any atom is 0.0474 e. The molecule has 0 fully saturated rings. The van der Waals surface area contributed by atoms with E-state index in [-0.39, 0.29) is 0 Å². The van der Waals surface area contributed by atoms with E-state index in [4.69, 9.17) is 0 Å². The first-order chi connectivity index (χ1) is 5.12. The van der Waals surface area contributed by atoms with Crippen LogP contribution in [0.1, 0.15) is 26.2 Å². The number of unbranched alkanes of at least 4 members (excludes halogenated alkanes) is 1. The molecule has 0 aromatic carbocycles. The van der Waals surface area contributed by atoms with E-state index in [9.17, 15) is 0 Å². The van der Waals surface area contributed by atoms with Gasteiger partial charge in [-0.1, -0.05) is 67.5 Å². The van der Waals surface area contributed by atoms with Gasteiger partial charge in [-0.05, 0) is 10.8 Å². The summed E-state index contributed by atoms with van der Waals surface area (Å²) in [6.45, 7) is 7.37. The molecule has 0 aliphatic carbocycles. The molecule has 0 unspecified atom stereocenters. The zero-order valence-corrected chi connectivity index (χ0v) is 11.3. The van der Waals surface area contributed by atoms with Crippen LogP contribution >= 0.6 is 22.6 Å². The Morgan fingerprint density at radius 2 is 1.64 bits per heavy atom. The molecule has 0 aliphatic rings. The first kappa shape index (κ1) is 11.9. The topological polar surface area (TPSA) is 0 Å². The molecule has 11 heavy (non-hydrogen) atoms. The van der Waals surface area contributed by atoms with Gasteiger partial charge in [0.25, 0.3) is 0 Å². The van der Waals surface area contributed by atoms with Gasteiger partial charge in [-0.25, -0.2) is 0 Å². The maximum atomic E-state index is 2.54. The molecule has 0 bridgehead atoms. The minimum absolute atomic E-state index is 0.750. The number of rotatable bonds is 6. The first-order valence-electron chi connectivity index (χ1n) is 4.68. The second-order valence-electron chi connectivity index (χ2n) is 4.06. The van der Waals surface area contributed by atoms with E-state index in [0.717, 1.165) is 0 Å². The minimum Gasteiger partial charge on any atom is -0.0864 e. The number of hydrogen-bond donors (Lipinski definition) is 0. The summed E-state index contributed by atoms with van der Waals surface area (Å²) in [4.78, 5) is 0. The molecule has 0 atom stereocenters. The van der Waals surface area contributed by atoms with Gasteiger partial charge in [0, 0.05) is 8.07 Å². The average Bonchev–Trinajstić information content (AvgIpc) is 1.97. The Morgan fingerprint density at radius 3 is 2.09 bits per heavy atom. The van der Waals surface area contributed by atoms with Gasteiger partial charge < -0.3 is 0 Å². The minimum atomic E-state index is -0.750. The van der Waals surface area contributed by atoms with Crippen molar-refractivity contribution in [2.75, 3.05) is 4.43 Å². The summed E-state index contributed by atoms with van der Waals surface area (Å²) < 4.78 is 1.35. The number of hydrogen-bond acceptors (Lipinski definition) is 0. The molecule has 0 rings (SSSR count). The smallest absolute Gasteiger partial charge is 0.0474 e. The quantitative estimate of drug-likeness (QED) is 0.387. The van der Waals surface area contributed by atoms with Gasteiger partial charge in [0.1, 0.15) is 0 Å². The number of alkyl halides is 1. The fourth-order valence-corrected chi connectivity index (χ4v) is 5.12. The molecule has 68 valence electrons. The Bertz CT molecular complexity index is 81.6. The third-order valence-electron chi connectivity index (χ3n) is 2.19. The number of halogens is 1. The van der Waals surface area contributed by atoms with Crippen molar-refractivity contribution in [3.63, 3.8) is 0 Å². The van der Waals surface area contributed by atoms with Crippen LogP contribution in [0.2, 0.25) is 25.2 Å². The lowest BCUT2D eigenvalue weighted by atomic mass is 10.4. The second kappa shape index (κ2) is 6.46. The molecule has 0 spiro atoms. The van der Waals surface area contributed by atoms with E-state index in [1.807, 2.05) is 0 Å². The lowest BCUT2D eigenvalue weighted by Crippen LogP contribution is -2.24. The summed E-state index contributed by atoms with van der Waals surface area (Å²) in [6, 6.07) is 3.08. The van der Waals surface area contributed by atoms with E-state index < -0.39 is 8.07 Å². The van der Waals surface area contributed by atoms with Crippen molar-refractivity contribution in [2.45, 2.75) is 51.4 Å². The molecule has 0 aliphatic heterocycles. The van der Waals surface area contributed by atoms with Crippen molar-refractivity contribution in [3.8, 4) is 0 Å². The molecule has 0 saturated heterocycles. The molecule has 0 aromatic rings. The highest BCUT2D eigenvalue weighted by Crippen LogP contribution is 2.20. The largest absolute Gasteiger partial charge is 0.0864 e. The highest BCUT2D eigenvalue weighted by atomic mass is 127. The van der Waals surface area contributed by atoms with Crippen LogP contribution in [0.25, 0.3) is 0 Å². The fraction of sp³-hybridized carbons (Fsp3) is 1.00. The Hall–Kier alpha value is 0.947. The molecule has 0 nitrogen and oxygen atoms in total. The monoisotopic (exact) mass is 284 g/mol. The second-order valence-corrected chi connectivity index (χ2v) is 10.5. The Morgan fingerprint density at radius 1 is 1.09 bits per heavy atom. The zero-order valence-electron chi connectivity index (χ0n) is 8.12. The molecule has 0 radical (unpaired) electrons. The molecular weight excluding hydrogens is 263 g/mol. The molecule has 0 heterocycles. The Balaban J connectivity index is 3.43. The standard InChI is InChI=1S/C9H21ISi/c1-4-5-8-11(2,3)9-6-7-10/h4-9H2,1-3H3. The van der Waals surface area contributed by atoms with Gasteiger partial charge >= 0.3 is 0 Å². The first-order valence-corrected chi connectivity index (χ1v) is 9.62. The van der Waals surface area contributed by atoms with E-state index in [1.165, 1.54) is 29.7 Å². The van der Waals surface area contributed by atoms with Crippen LogP contribution in [-0.2, 0) is 0 Å². The Labute approximate surface area is 86.3 Å². The highest BCUT2D eigenvalue weighted by Gasteiger charge is 2.18. The van der Waals surface area contributed by atoms with Crippen molar-refractivity contribution in [3.05, 3.63) is 0 Å². The normalized spacial score (nSPS) is 12.0. The van der Waals surface area contributed by atoms with Gasteiger partial charge in [0.05, 0.1) is 0 Å². The van der Waals surface area contributed by atoms with Crippen LogP contribution < -0.4 is 0 Å². The maximum absolute atomic E-state index is 2.54. The van der Waals surface area contributed by atoms with E-state index in [1.54, 1.807) is 6.04 Å². The molecule has 0 amide bonds. The van der Waals surface area contributed by atoms with E-state index >= 15 is 0 Å². The van der Waals surface area contributed by atoms with Crippen molar-refractivity contribution < 1.29 is 0 Å². The van der Waals surface area contributed by atoms with Crippen LogP contribution in [0.4, 0.5) is 0 Å². The molecule has 0 saturated carbocycles. The van der Waals surface area contributed by atoms with E-state index in [2.05, 4.69) is 42.6 Å². The van der Waals surface area contributed by atoms with Crippen molar-refractivity contribution in [2.24, 2.45) is 0 Å². The van der Waals surface area contributed by atoms with Gasteiger partial charge in [0.2, 0.25) is 0 Å². The van der Waals surface area contributed by atoms with Crippen LogP contribution in [-0.4, -0.2) is 12.5 Å². The molecule has 0 aromatic heterocycles. The Kier molecular flexibility index (Phi) is 7.02. The lowest BCUT2D eigenvalue weighted by Gasteiger charge is -2.21. The third-order valence-corrected chi connectivity index (χ3v) is 6.37. The molecule has 2 heteroatoms. The van der Waals surface area contributed by atoms with Crippen LogP contribution in [0.15, 0.2) is 0 Å². The summed E-state index contributed by atoms with van der Waals surface area (Å²) >= 11 is 2.49. The van der Waals surface area contributed by atoms with Crippen LogP contribution in [0, 0.1) is 0 Å². The summed E-state index contributed by atoms with van der Waals surface area (Å²) in [7, 11) is -0.750. The van der Waals surface area contributed by atoms with E-state index in [0.29, 0.717) is 0 Å². The predicted octanol–water partition coefficient (Wildman–Crippen LogP) is 4.32. The summed E-state index contributed by atoms with van der Waals surface area (Å²) in [5.74, 6) is 0. The molecule has 0 N–H and O–H groups in total.